The summed E-state index contributed by atoms with van der Waals surface area (Å²) in [7, 11) is 0. The van der Waals surface area contributed by atoms with Crippen LogP contribution in [0.25, 0.3) is 22.2 Å². The number of phenolic OH excluding ortho intramolecular Hbond substituents is 1. The van der Waals surface area contributed by atoms with Gasteiger partial charge in [-0.1, -0.05) is 49.7 Å². The number of rotatable bonds is 12. The lowest BCUT2D eigenvalue weighted by Crippen LogP contribution is -2.44. The number of imide groups is 1. The number of amides is 2. The molecule has 1 atom stereocenters. The van der Waals surface area contributed by atoms with Crippen LogP contribution in [0.2, 0.25) is 0 Å². The monoisotopic (exact) mass is 513 g/mol. The van der Waals surface area contributed by atoms with E-state index in [1.54, 1.807) is 24.3 Å². The number of carbonyl (C=O) groups excluding carboxylic acids is 2. The minimum Gasteiger partial charge on any atom is -0.508 e. The lowest BCUT2D eigenvalue weighted by atomic mass is 10.1. The van der Waals surface area contributed by atoms with Crippen LogP contribution in [0.15, 0.2) is 66.9 Å². The zero-order valence-electron chi connectivity index (χ0n) is 21.8. The topological polar surface area (TPSA) is 123 Å². The van der Waals surface area contributed by atoms with Crippen LogP contribution >= 0.6 is 0 Å². The Morgan fingerprint density at radius 2 is 1.76 bits per heavy atom. The van der Waals surface area contributed by atoms with Gasteiger partial charge < -0.3 is 10.8 Å². The second-order valence-electron chi connectivity index (χ2n) is 9.61. The highest BCUT2D eigenvalue weighted by atomic mass is 16.3. The van der Waals surface area contributed by atoms with Gasteiger partial charge in [-0.15, -0.1) is 0 Å². The number of hydrogen-bond acceptors (Lipinski definition) is 6. The number of nitrogens with two attached hydrogens (primary N) is 1. The van der Waals surface area contributed by atoms with Crippen molar-refractivity contribution in [1.82, 2.24) is 20.1 Å². The van der Waals surface area contributed by atoms with Crippen LogP contribution in [0.5, 0.6) is 5.75 Å². The summed E-state index contributed by atoms with van der Waals surface area (Å²) in [6.07, 6.45) is 6.76. The van der Waals surface area contributed by atoms with E-state index in [4.69, 9.17) is 10.8 Å². The van der Waals surface area contributed by atoms with Gasteiger partial charge in [-0.05, 0) is 67.3 Å². The summed E-state index contributed by atoms with van der Waals surface area (Å²) >= 11 is 0. The average Bonchev–Trinajstić information content (AvgIpc) is 3.33. The van der Waals surface area contributed by atoms with Gasteiger partial charge in [-0.3, -0.25) is 24.6 Å². The fraction of sp³-hybridized carbons (Fsp3) is 0.333. The number of aromatic hydroxyl groups is 1. The van der Waals surface area contributed by atoms with Crippen LogP contribution in [-0.4, -0.2) is 37.7 Å². The zero-order chi connectivity index (χ0) is 26.9. The van der Waals surface area contributed by atoms with Crippen LogP contribution in [0.1, 0.15) is 50.3 Å². The Morgan fingerprint density at radius 3 is 2.53 bits per heavy atom. The summed E-state index contributed by atoms with van der Waals surface area (Å²) in [5.41, 5.74) is 9.60. The number of pyridine rings is 1. The van der Waals surface area contributed by atoms with E-state index in [9.17, 15) is 14.7 Å². The van der Waals surface area contributed by atoms with Gasteiger partial charge in [0, 0.05) is 30.2 Å². The van der Waals surface area contributed by atoms with Crippen molar-refractivity contribution in [3.63, 3.8) is 0 Å². The molecule has 38 heavy (non-hydrogen) atoms. The standard InChI is InChI=1S/C30H35N5O3/c1-2-3-16-35-24(19-28(34-35)27-18-22-8-4-5-9-23(22)20-32-27)10-6-7-11-29(37)33-30(38)26(31)17-21-12-14-25(36)15-13-21/h4-5,8-9,12-15,18-20,26,36H,2-3,6-7,10-11,16-17,31H2,1H3,(H,33,37,38). The Kier molecular flexibility index (Phi) is 9.21. The SMILES string of the molecule is CCCCn1nc(-c2cc3ccccc3cn2)cc1CCCCC(=O)NC(=O)C(N)Cc1ccc(O)cc1. The Morgan fingerprint density at radius 1 is 1.00 bits per heavy atom. The second kappa shape index (κ2) is 13.0. The van der Waals surface area contributed by atoms with Gasteiger partial charge in [0.25, 0.3) is 0 Å². The van der Waals surface area contributed by atoms with Gasteiger partial charge in [0.1, 0.15) is 11.4 Å². The molecule has 2 aromatic heterocycles. The van der Waals surface area contributed by atoms with Crippen molar-refractivity contribution in [1.29, 1.82) is 0 Å². The smallest absolute Gasteiger partial charge is 0.243 e. The van der Waals surface area contributed by atoms with Gasteiger partial charge in [0.05, 0.1) is 11.7 Å². The molecule has 0 fully saturated rings. The van der Waals surface area contributed by atoms with Crippen molar-refractivity contribution in [3.8, 4) is 17.1 Å². The van der Waals surface area contributed by atoms with E-state index in [2.05, 4.69) is 40.1 Å². The van der Waals surface area contributed by atoms with Crippen LogP contribution < -0.4 is 11.1 Å². The summed E-state index contributed by atoms with van der Waals surface area (Å²) < 4.78 is 2.06. The first-order valence-electron chi connectivity index (χ1n) is 13.2. The molecule has 2 heterocycles. The predicted molar refractivity (Wildman–Crippen MR) is 148 cm³/mol. The van der Waals surface area contributed by atoms with Crippen LogP contribution in [0.3, 0.4) is 0 Å². The highest BCUT2D eigenvalue weighted by Crippen LogP contribution is 2.23. The number of nitrogens with zero attached hydrogens (tertiary/aromatic N) is 3. The van der Waals surface area contributed by atoms with E-state index in [0.717, 1.165) is 65.6 Å². The maximum absolute atomic E-state index is 12.3. The van der Waals surface area contributed by atoms with Crippen LogP contribution in [0, 0.1) is 0 Å². The molecule has 4 aromatic rings. The average molecular weight is 514 g/mol. The van der Waals surface area contributed by atoms with E-state index in [-0.39, 0.29) is 24.5 Å². The van der Waals surface area contributed by atoms with E-state index in [0.29, 0.717) is 6.42 Å². The third-order valence-electron chi connectivity index (χ3n) is 6.56. The lowest BCUT2D eigenvalue weighted by Gasteiger charge is -2.12. The fourth-order valence-electron chi connectivity index (χ4n) is 4.37. The minimum atomic E-state index is -0.835. The fourth-order valence-corrected chi connectivity index (χ4v) is 4.37. The molecule has 8 heteroatoms. The molecule has 2 amide bonds. The van der Waals surface area contributed by atoms with Crippen molar-refractivity contribution in [2.45, 2.75) is 64.5 Å². The van der Waals surface area contributed by atoms with Crippen molar-refractivity contribution in [2.75, 3.05) is 0 Å². The highest BCUT2D eigenvalue weighted by Gasteiger charge is 2.17. The summed E-state index contributed by atoms with van der Waals surface area (Å²) in [4.78, 5) is 29.3. The number of nitrogens with one attached hydrogen (secondary N) is 1. The second-order valence-corrected chi connectivity index (χ2v) is 9.61. The summed E-state index contributed by atoms with van der Waals surface area (Å²) in [5.74, 6) is -0.665. The molecular formula is C30H35N5O3. The van der Waals surface area contributed by atoms with Crippen molar-refractivity contribution in [2.24, 2.45) is 5.73 Å². The van der Waals surface area contributed by atoms with E-state index < -0.39 is 11.9 Å². The number of unbranched alkanes of at least 4 members (excludes halogenated alkanes) is 2. The maximum Gasteiger partial charge on any atom is 0.243 e. The number of benzene rings is 2. The molecule has 0 spiro atoms. The van der Waals surface area contributed by atoms with Gasteiger partial charge in [0.2, 0.25) is 11.8 Å². The van der Waals surface area contributed by atoms with Crippen molar-refractivity contribution < 1.29 is 14.7 Å². The molecular weight excluding hydrogens is 478 g/mol. The summed E-state index contributed by atoms with van der Waals surface area (Å²) in [6.45, 7) is 3.00. The van der Waals surface area contributed by atoms with E-state index in [1.807, 2.05) is 24.4 Å². The molecule has 0 saturated heterocycles. The summed E-state index contributed by atoms with van der Waals surface area (Å²) in [6, 6.07) is 18.0. The van der Waals surface area contributed by atoms with Crippen LogP contribution in [0.4, 0.5) is 0 Å². The number of aryl methyl sites for hydroxylation is 2. The molecule has 0 radical (unpaired) electrons. The maximum atomic E-state index is 12.3. The predicted octanol–water partition coefficient (Wildman–Crippen LogP) is 4.53. The van der Waals surface area contributed by atoms with Gasteiger partial charge in [-0.2, -0.15) is 5.10 Å². The zero-order valence-corrected chi connectivity index (χ0v) is 21.8. The largest absolute Gasteiger partial charge is 0.508 e. The quantitative estimate of drug-likeness (QED) is 0.239. The third kappa shape index (κ3) is 7.26. The number of fused-ring (bicyclic) bond motifs is 1. The molecule has 4 N–H and O–H groups in total. The first-order valence-corrected chi connectivity index (χ1v) is 13.2. The van der Waals surface area contributed by atoms with Gasteiger partial charge in [0.15, 0.2) is 0 Å². The minimum absolute atomic E-state index is 0.150. The Labute approximate surface area is 222 Å². The van der Waals surface area contributed by atoms with Crippen molar-refractivity contribution in [3.05, 3.63) is 78.1 Å². The molecule has 8 nitrogen and oxygen atoms in total. The van der Waals surface area contributed by atoms with Gasteiger partial charge in [-0.25, -0.2) is 0 Å². The first-order chi connectivity index (χ1) is 18.4. The molecule has 0 aliphatic rings. The molecule has 0 bridgehead atoms. The number of aromatic nitrogens is 3. The highest BCUT2D eigenvalue weighted by molar-refractivity contribution is 5.97. The molecule has 0 aliphatic carbocycles. The Hall–Kier alpha value is -4.04. The van der Waals surface area contributed by atoms with Crippen molar-refractivity contribution >= 4 is 22.6 Å². The normalized spacial score (nSPS) is 11.9. The molecule has 0 aliphatic heterocycles. The third-order valence-corrected chi connectivity index (χ3v) is 6.56. The number of carbonyl (C=O) groups is 2. The molecule has 4 rings (SSSR count). The van der Waals surface area contributed by atoms with E-state index >= 15 is 0 Å². The Bertz CT molecular complexity index is 1380. The molecule has 0 saturated carbocycles. The van der Waals surface area contributed by atoms with Gasteiger partial charge >= 0.3 is 0 Å². The van der Waals surface area contributed by atoms with E-state index in [1.165, 1.54) is 0 Å². The number of phenols is 1. The molecule has 2 aromatic carbocycles. The lowest BCUT2D eigenvalue weighted by molar-refractivity contribution is -0.131. The number of hydrogen-bond donors (Lipinski definition) is 3. The molecule has 1 unspecified atom stereocenters. The first kappa shape index (κ1) is 27.0. The van der Waals surface area contributed by atoms with Crippen LogP contribution in [-0.2, 0) is 29.0 Å². The summed E-state index contributed by atoms with van der Waals surface area (Å²) in [5, 5.41) is 18.9. The molecule has 198 valence electrons. The Balaban J connectivity index is 1.29.